The molecule has 1 N–H and O–H groups in total. The number of anilines is 1. The Morgan fingerprint density at radius 3 is 2.57 bits per heavy atom. The Morgan fingerprint density at radius 1 is 1.20 bits per heavy atom. The average Bonchev–Trinajstić information content (AvgIpc) is 3.49. The molecule has 1 aliphatic carbocycles. The van der Waals surface area contributed by atoms with Crippen molar-refractivity contribution in [2.75, 3.05) is 24.5 Å². The largest absolute Gasteiger partial charge is 0.365 e. The molecule has 4 amide bonds. The number of rotatable bonds is 5. The third-order valence-electron chi connectivity index (χ3n) is 6.22. The maximum atomic E-state index is 13.6. The van der Waals surface area contributed by atoms with Gasteiger partial charge in [0.1, 0.15) is 6.04 Å². The predicted octanol–water partition coefficient (Wildman–Crippen LogP) is 2.11. The van der Waals surface area contributed by atoms with Crippen molar-refractivity contribution in [3.05, 3.63) is 29.8 Å². The molecule has 3 atom stereocenters. The van der Waals surface area contributed by atoms with E-state index in [4.69, 9.17) is 0 Å². The van der Waals surface area contributed by atoms with Gasteiger partial charge in [0, 0.05) is 49.4 Å². The topological polar surface area (TPSA) is 73.0 Å². The van der Waals surface area contributed by atoms with Crippen LogP contribution in [0.2, 0.25) is 0 Å². The standard InChI is InChI=1S/C21H26F2N4O3/c1-12(9-18-19(28)24-21(30)27(18)14-3-4-14)20(29)25-7-8-26(13(2)11-25)15-5-6-16(22)17(23)10-15/h5-6,10,12-14,18H,3-4,7-9,11H2,1-2H3,(H,24,28,30)/t12-,13-,18-/m0/s1. The molecule has 0 unspecified atom stereocenters. The number of carbonyl (C=O) groups is 3. The normalized spacial score (nSPS) is 25.5. The molecule has 7 nitrogen and oxygen atoms in total. The molecule has 1 saturated carbocycles. The molecule has 30 heavy (non-hydrogen) atoms. The summed E-state index contributed by atoms with van der Waals surface area (Å²) in [6.45, 7) is 5.12. The van der Waals surface area contributed by atoms with Crippen LogP contribution in [0, 0.1) is 17.6 Å². The van der Waals surface area contributed by atoms with E-state index in [0.29, 0.717) is 31.7 Å². The Kier molecular flexibility index (Phi) is 5.38. The molecule has 162 valence electrons. The van der Waals surface area contributed by atoms with Crippen LogP contribution in [0.5, 0.6) is 0 Å². The van der Waals surface area contributed by atoms with Gasteiger partial charge in [0.15, 0.2) is 11.6 Å². The van der Waals surface area contributed by atoms with E-state index in [-0.39, 0.29) is 29.9 Å². The molecule has 4 rings (SSSR count). The molecule has 2 saturated heterocycles. The van der Waals surface area contributed by atoms with Crippen LogP contribution in [0.25, 0.3) is 0 Å². The highest BCUT2D eigenvalue weighted by molar-refractivity contribution is 6.04. The summed E-state index contributed by atoms with van der Waals surface area (Å²) in [5, 5.41) is 2.36. The zero-order valence-corrected chi connectivity index (χ0v) is 17.1. The van der Waals surface area contributed by atoms with E-state index in [1.54, 1.807) is 16.7 Å². The molecular formula is C21H26F2N4O3. The highest BCUT2D eigenvalue weighted by Crippen LogP contribution is 2.33. The molecule has 2 aliphatic heterocycles. The van der Waals surface area contributed by atoms with Crippen molar-refractivity contribution in [3.8, 4) is 0 Å². The van der Waals surface area contributed by atoms with Gasteiger partial charge in [-0.15, -0.1) is 0 Å². The number of piperazine rings is 1. The Balaban J connectivity index is 1.37. The van der Waals surface area contributed by atoms with Crippen molar-refractivity contribution in [2.24, 2.45) is 5.92 Å². The van der Waals surface area contributed by atoms with Gasteiger partial charge in [0.25, 0.3) is 5.91 Å². The Hall–Kier alpha value is -2.71. The fourth-order valence-corrected chi connectivity index (χ4v) is 4.47. The first kappa shape index (κ1) is 20.6. The summed E-state index contributed by atoms with van der Waals surface area (Å²) in [5.41, 5.74) is 0.586. The van der Waals surface area contributed by atoms with E-state index < -0.39 is 23.6 Å². The number of benzene rings is 1. The second-order valence-electron chi connectivity index (χ2n) is 8.51. The van der Waals surface area contributed by atoms with Crippen LogP contribution in [0.15, 0.2) is 18.2 Å². The van der Waals surface area contributed by atoms with Crippen molar-refractivity contribution in [2.45, 2.75) is 51.2 Å². The van der Waals surface area contributed by atoms with Crippen molar-refractivity contribution in [1.29, 1.82) is 0 Å². The molecule has 9 heteroatoms. The van der Waals surface area contributed by atoms with E-state index in [2.05, 4.69) is 5.32 Å². The SMILES string of the molecule is C[C@@H](C[C@H]1C(=O)NC(=O)N1C1CC1)C(=O)N1CCN(c2ccc(F)c(F)c2)[C@@H](C)C1. The van der Waals surface area contributed by atoms with Crippen LogP contribution >= 0.6 is 0 Å². The lowest BCUT2D eigenvalue weighted by atomic mass is 9.98. The maximum absolute atomic E-state index is 13.6. The van der Waals surface area contributed by atoms with Gasteiger partial charge >= 0.3 is 6.03 Å². The van der Waals surface area contributed by atoms with Crippen molar-refractivity contribution < 1.29 is 23.2 Å². The molecule has 0 bridgehead atoms. The van der Waals surface area contributed by atoms with Crippen LogP contribution in [-0.4, -0.2) is 65.4 Å². The highest BCUT2D eigenvalue weighted by atomic mass is 19.2. The van der Waals surface area contributed by atoms with E-state index >= 15 is 0 Å². The number of imide groups is 1. The first-order chi connectivity index (χ1) is 14.3. The molecule has 1 aromatic carbocycles. The molecule has 3 fully saturated rings. The monoisotopic (exact) mass is 420 g/mol. The van der Waals surface area contributed by atoms with E-state index in [1.165, 1.54) is 12.1 Å². The summed E-state index contributed by atoms with van der Waals surface area (Å²) in [4.78, 5) is 42.5. The number of urea groups is 1. The Morgan fingerprint density at radius 2 is 1.93 bits per heavy atom. The Labute approximate surface area is 174 Å². The van der Waals surface area contributed by atoms with Crippen molar-refractivity contribution >= 4 is 23.5 Å². The van der Waals surface area contributed by atoms with Gasteiger partial charge in [-0.05, 0) is 38.3 Å². The van der Waals surface area contributed by atoms with Crippen molar-refractivity contribution in [1.82, 2.24) is 15.1 Å². The van der Waals surface area contributed by atoms with Crippen LogP contribution in [0.1, 0.15) is 33.1 Å². The first-order valence-corrected chi connectivity index (χ1v) is 10.4. The number of amides is 4. The lowest BCUT2D eigenvalue weighted by Crippen LogP contribution is -2.55. The molecular weight excluding hydrogens is 394 g/mol. The third kappa shape index (κ3) is 3.85. The number of nitrogens with zero attached hydrogens (tertiary/aromatic N) is 3. The van der Waals surface area contributed by atoms with Crippen LogP contribution in [-0.2, 0) is 9.59 Å². The third-order valence-corrected chi connectivity index (χ3v) is 6.22. The number of nitrogens with one attached hydrogen (secondary N) is 1. The van der Waals surface area contributed by atoms with Gasteiger partial charge in [0.2, 0.25) is 5.91 Å². The molecule has 1 aromatic rings. The number of hydrogen-bond acceptors (Lipinski definition) is 4. The minimum absolute atomic E-state index is 0.0605. The maximum Gasteiger partial charge on any atom is 0.325 e. The fourth-order valence-electron chi connectivity index (χ4n) is 4.47. The minimum Gasteiger partial charge on any atom is -0.365 e. The fraction of sp³-hybridized carbons (Fsp3) is 0.571. The van der Waals surface area contributed by atoms with Gasteiger partial charge in [-0.25, -0.2) is 13.6 Å². The van der Waals surface area contributed by atoms with Gasteiger partial charge in [-0.2, -0.15) is 0 Å². The molecule has 2 heterocycles. The van der Waals surface area contributed by atoms with Crippen LogP contribution in [0.3, 0.4) is 0 Å². The summed E-state index contributed by atoms with van der Waals surface area (Å²) >= 11 is 0. The van der Waals surface area contributed by atoms with E-state index in [1.807, 2.05) is 11.8 Å². The van der Waals surface area contributed by atoms with E-state index in [0.717, 1.165) is 18.9 Å². The summed E-state index contributed by atoms with van der Waals surface area (Å²) in [6.07, 6.45) is 2.08. The van der Waals surface area contributed by atoms with Gasteiger partial charge in [-0.3, -0.25) is 14.9 Å². The van der Waals surface area contributed by atoms with Crippen LogP contribution < -0.4 is 10.2 Å². The zero-order valence-electron chi connectivity index (χ0n) is 17.1. The number of halogens is 2. The lowest BCUT2D eigenvalue weighted by molar-refractivity contribution is -0.136. The number of carbonyl (C=O) groups excluding carboxylic acids is 3. The minimum atomic E-state index is -0.892. The van der Waals surface area contributed by atoms with Crippen LogP contribution in [0.4, 0.5) is 19.3 Å². The lowest BCUT2D eigenvalue weighted by Gasteiger charge is -2.42. The van der Waals surface area contributed by atoms with E-state index in [9.17, 15) is 23.2 Å². The second kappa shape index (κ2) is 7.85. The number of hydrogen-bond donors (Lipinski definition) is 1. The zero-order chi connectivity index (χ0) is 21.6. The average molecular weight is 420 g/mol. The molecule has 0 radical (unpaired) electrons. The molecule has 0 aromatic heterocycles. The summed E-state index contributed by atoms with van der Waals surface area (Å²) in [5.74, 6) is -2.58. The first-order valence-electron chi connectivity index (χ1n) is 10.4. The van der Waals surface area contributed by atoms with Gasteiger partial charge < -0.3 is 14.7 Å². The van der Waals surface area contributed by atoms with Gasteiger partial charge in [-0.1, -0.05) is 6.92 Å². The predicted molar refractivity (Wildman–Crippen MR) is 106 cm³/mol. The highest BCUT2D eigenvalue weighted by Gasteiger charge is 2.47. The summed E-state index contributed by atoms with van der Waals surface area (Å²) in [6, 6.07) is 2.90. The smallest absolute Gasteiger partial charge is 0.325 e. The summed E-state index contributed by atoms with van der Waals surface area (Å²) < 4.78 is 26.8. The Bertz CT molecular complexity index is 876. The quantitative estimate of drug-likeness (QED) is 0.741. The molecule has 3 aliphatic rings. The summed E-state index contributed by atoms with van der Waals surface area (Å²) in [7, 11) is 0. The van der Waals surface area contributed by atoms with Crippen molar-refractivity contribution in [3.63, 3.8) is 0 Å². The second-order valence-corrected chi connectivity index (χ2v) is 8.51. The van der Waals surface area contributed by atoms with Gasteiger partial charge in [0.05, 0.1) is 0 Å². The molecule has 0 spiro atoms.